The number of rotatable bonds is 7. The first kappa shape index (κ1) is 15.6. The molecule has 6 heteroatoms. The molecule has 1 heterocycles. The van der Waals surface area contributed by atoms with E-state index in [1.165, 1.54) is 0 Å². The summed E-state index contributed by atoms with van der Waals surface area (Å²) in [6.45, 7) is 2.55. The quantitative estimate of drug-likeness (QED) is 0.454. The first-order valence-electron chi connectivity index (χ1n) is 7.18. The monoisotopic (exact) mass is 293 g/mol. The third-order valence-corrected chi connectivity index (χ3v) is 3.19. The lowest BCUT2D eigenvalue weighted by Crippen LogP contribution is -2.23. The van der Waals surface area contributed by atoms with Crippen molar-refractivity contribution in [3.05, 3.63) is 24.3 Å². The van der Waals surface area contributed by atoms with E-state index in [1.807, 2.05) is 24.3 Å². The number of aliphatic imine (C=N–C) groups is 1. The van der Waals surface area contributed by atoms with Crippen LogP contribution in [0.15, 0.2) is 29.3 Å². The summed E-state index contributed by atoms with van der Waals surface area (Å²) in [5.41, 5.74) is 6.66. The fourth-order valence-corrected chi connectivity index (χ4v) is 2.11. The highest BCUT2D eigenvalue weighted by molar-refractivity contribution is 5.92. The molecule has 1 saturated heterocycles. The van der Waals surface area contributed by atoms with E-state index in [1.54, 1.807) is 7.11 Å². The Hall–Kier alpha value is -1.79. The van der Waals surface area contributed by atoms with Gasteiger partial charge in [-0.15, -0.1) is 0 Å². The number of anilines is 1. The number of ether oxygens (including phenoxy) is 3. The molecular formula is C15H23N3O3. The summed E-state index contributed by atoms with van der Waals surface area (Å²) < 4.78 is 16.1. The molecule has 1 aromatic rings. The molecule has 1 aliphatic heterocycles. The molecule has 21 heavy (non-hydrogen) atoms. The van der Waals surface area contributed by atoms with Crippen molar-refractivity contribution in [2.24, 2.45) is 10.7 Å². The van der Waals surface area contributed by atoms with E-state index in [-0.39, 0.29) is 6.10 Å². The van der Waals surface area contributed by atoms with E-state index < -0.39 is 0 Å². The van der Waals surface area contributed by atoms with Crippen LogP contribution in [0, 0.1) is 0 Å². The molecule has 0 aromatic heterocycles. The lowest BCUT2D eigenvalue weighted by Gasteiger charge is -2.09. The summed E-state index contributed by atoms with van der Waals surface area (Å²) >= 11 is 0. The van der Waals surface area contributed by atoms with Crippen molar-refractivity contribution < 1.29 is 14.2 Å². The Labute approximate surface area is 125 Å². The third-order valence-electron chi connectivity index (χ3n) is 3.19. The Kier molecular flexibility index (Phi) is 6.30. The van der Waals surface area contributed by atoms with Crippen molar-refractivity contribution in [2.45, 2.75) is 18.9 Å². The number of nitrogens with two attached hydrogens (primary N) is 1. The molecule has 0 spiro atoms. The smallest absolute Gasteiger partial charge is 0.193 e. The molecule has 0 aliphatic carbocycles. The summed E-state index contributed by atoms with van der Waals surface area (Å²) in [5.74, 6) is 1.14. The van der Waals surface area contributed by atoms with Gasteiger partial charge in [0.2, 0.25) is 0 Å². The largest absolute Gasteiger partial charge is 0.497 e. The van der Waals surface area contributed by atoms with Crippen molar-refractivity contribution in [1.29, 1.82) is 0 Å². The molecule has 6 nitrogen and oxygen atoms in total. The maximum Gasteiger partial charge on any atom is 0.193 e. The fourth-order valence-electron chi connectivity index (χ4n) is 2.11. The van der Waals surface area contributed by atoms with Gasteiger partial charge in [-0.05, 0) is 25.0 Å². The molecule has 0 saturated carbocycles. The van der Waals surface area contributed by atoms with E-state index >= 15 is 0 Å². The molecule has 0 amide bonds. The zero-order valence-corrected chi connectivity index (χ0v) is 12.4. The highest BCUT2D eigenvalue weighted by atomic mass is 16.5. The number of hydrogen-bond acceptors (Lipinski definition) is 4. The average molecular weight is 293 g/mol. The van der Waals surface area contributed by atoms with Gasteiger partial charge in [0.15, 0.2) is 5.96 Å². The molecule has 0 bridgehead atoms. The number of hydrogen-bond donors (Lipinski definition) is 2. The van der Waals surface area contributed by atoms with Crippen LogP contribution in [0.5, 0.6) is 5.75 Å². The molecule has 1 atom stereocenters. The molecule has 1 fully saturated rings. The number of nitrogens with zero attached hydrogens (tertiary/aromatic N) is 1. The summed E-state index contributed by atoms with van der Waals surface area (Å²) in [6.07, 6.45) is 2.47. The Balaban J connectivity index is 1.65. The van der Waals surface area contributed by atoms with E-state index in [9.17, 15) is 0 Å². The number of guanidine groups is 1. The molecule has 3 N–H and O–H groups in total. The maximum absolute atomic E-state index is 5.82. The van der Waals surface area contributed by atoms with Crippen molar-refractivity contribution in [3.63, 3.8) is 0 Å². The van der Waals surface area contributed by atoms with Gasteiger partial charge < -0.3 is 25.3 Å². The summed E-state index contributed by atoms with van der Waals surface area (Å²) in [7, 11) is 1.63. The number of methoxy groups -OCH3 is 1. The first-order valence-corrected chi connectivity index (χ1v) is 7.18. The number of nitrogens with one attached hydrogen (secondary N) is 1. The van der Waals surface area contributed by atoms with Crippen LogP contribution in [0.2, 0.25) is 0 Å². The van der Waals surface area contributed by atoms with Gasteiger partial charge >= 0.3 is 0 Å². The van der Waals surface area contributed by atoms with Crippen molar-refractivity contribution in [2.75, 3.05) is 38.8 Å². The van der Waals surface area contributed by atoms with Gasteiger partial charge in [0.25, 0.3) is 0 Å². The Bertz CT molecular complexity index is 459. The summed E-state index contributed by atoms with van der Waals surface area (Å²) in [4.78, 5) is 4.22. The fraction of sp³-hybridized carbons (Fsp3) is 0.533. The predicted octanol–water partition coefficient (Wildman–Crippen LogP) is 1.62. The minimum absolute atomic E-state index is 0.251. The van der Waals surface area contributed by atoms with Crippen LogP contribution in [0.1, 0.15) is 12.8 Å². The first-order chi connectivity index (χ1) is 10.3. The van der Waals surface area contributed by atoms with Crippen molar-refractivity contribution in [3.8, 4) is 5.75 Å². The van der Waals surface area contributed by atoms with Gasteiger partial charge in [0.05, 0.1) is 33.0 Å². The van der Waals surface area contributed by atoms with Crippen molar-refractivity contribution >= 4 is 11.6 Å². The second-order valence-corrected chi connectivity index (χ2v) is 4.83. The van der Waals surface area contributed by atoms with E-state index in [0.717, 1.165) is 30.9 Å². The Morgan fingerprint density at radius 2 is 2.43 bits per heavy atom. The van der Waals surface area contributed by atoms with Crippen LogP contribution in [0.4, 0.5) is 5.69 Å². The van der Waals surface area contributed by atoms with Gasteiger partial charge in [0, 0.05) is 18.4 Å². The highest BCUT2D eigenvalue weighted by Crippen LogP contribution is 2.16. The molecule has 2 rings (SSSR count). The normalized spacial score (nSPS) is 18.7. The summed E-state index contributed by atoms with van der Waals surface area (Å²) in [6, 6.07) is 7.52. The standard InChI is InChI=1S/C15H23N3O3/c1-19-13-5-2-4-12(10-13)18-15(16)17-7-9-20-11-14-6-3-8-21-14/h2,4-5,10,14H,3,6-9,11H2,1H3,(H3,16,17,18). The van der Waals surface area contributed by atoms with Crippen molar-refractivity contribution in [1.82, 2.24) is 0 Å². The van der Waals surface area contributed by atoms with E-state index in [0.29, 0.717) is 25.7 Å². The topological polar surface area (TPSA) is 78.1 Å². The maximum atomic E-state index is 5.82. The molecule has 116 valence electrons. The highest BCUT2D eigenvalue weighted by Gasteiger charge is 2.14. The lowest BCUT2D eigenvalue weighted by molar-refractivity contribution is 0.0200. The van der Waals surface area contributed by atoms with Crippen LogP contribution in [-0.4, -0.2) is 45.5 Å². The Morgan fingerprint density at radius 1 is 1.52 bits per heavy atom. The van der Waals surface area contributed by atoms with Gasteiger partial charge in [-0.2, -0.15) is 0 Å². The second kappa shape index (κ2) is 8.49. The van der Waals surface area contributed by atoms with Crippen LogP contribution in [0.25, 0.3) is 0 Å². The zero-order chi connectivity index (χ0) is 14.9. The Morgan fingerprint density at radius 3 is 3.19 bits per heavy atom. The molecular weight excluding hydrogens is 270 g/mol. The van der Waals surface area contributed by atoms with Gasteiger partial charge in [-0.25, -0.2) is 0 Å². The molecule has 1 aliphatic rings. The van der Waals surface area contributed by atoms with E-state index in [2.05, 4.69) is 10.3 Å². The molecule has 0 radical (unpaired) electrons. The average Bonchev–Trinajstić information content (AvgIpc) is 3.00. The van der Waals surface area contributed by atoms with Crippen LogP contribution >= 0.6 is 0 Å². The van der Waals surface area contributed by atoms with Gasteiger partial charge in [0.1, 0.15) is 5.75 Å². The van der Waals surface area contributed by atoms with Gasteiger partial charge in [-0.1, -0.05) is 6.07 Å². The van der Waals surface area contributed by atoms with Gasteiger partial charge in [-0.3, -0.25) is 4.99 Å². The minimum Gasteiger partial charge on any atom is -0.497 e. The molecule has 1 unspecified atom stereocenters. The number of benzene rings is 1. The zero-order valence-electron chi connectivity index (χ0n) is 12.4. The van der Waals surface area contributed by atoms with Crippen LogP contribution < -0.4 is 15.8 Å². The minimum atomic E-state index is 0.251. The third kappa shape index (κ3) is 5.61. The predicted molar refractivity (Wildman–Crippen MR) is 82.9 cm³/mol. The lowest BCUT2D eigenvalue weighted by atomic mass is 10.2. The summed E-state index contributed by atoms with van der Waals surface area (Å²) in [5, 5.41) is 3.02. The van der Waals surface area contributed by atoms with E-state index in [4.69, 9.17) is 19.9 Å². The second-order valence-electron chi connectivity index (χ2n) is 4.83. The molecule has 1 aromatic carbocycles. The van der Waals surface area contributed by atoms with Crippen LogP contribution in [0.3, 0.4) is 0 Å². The SMILES string of the molecule is COc1cccc(NC(N)=NCCOCC2CCCO2)c1. The van der Waals surface area contributed by atoms with Crippen LogP contribution in [-0.2, 0) is 9.47 Å².